The third-order valence-corrected chi connectivity index (χ3v) is 4.25. The van der Waals surface area contributed by atoms with Gasteiger partial charge >= 0.3 is 0 Å². The van der Waals surface area contributed by atoms with Gasteiger partial charge in [0.05, 0.1) is 25.4 Å². The van der Waals surface area contributed by atoms with Gasteiger partial charge in [0, 0.05) is 18.4 Å². The van der Waals surface area contributed by atoms with Crippen LogP contribution in [0.2, 0.25) is 0 Å². The van der Waals surface area contributed by atoms with Crippen LogP contribution < -0.4 is 10.1 Å². The van der Waals surface area contributed by atoms with Crippen molar-refractivity contribution in [3.8, 4) is 5.75 Å². The van der Waals surface area contributed by atoms with Crippen LogP contribution in [0.4, 0.5) is 0 Å². The number of aryl methyl sites for hydroxylation is 2. The minimum atomic E-state index is 0.0461. The zero-order valence-electron chi connectivity index (χ0n) is 14.7. The summed E-state index contributed by atoms with van der Waals surface area (Å²) in [4.78, 5) is 12.1. The number of hydrogen-bond acceptors (Lipinski definition) is 3. The van der Waals surface area contributed by atoms with Crippen LogP contribution in [-0.4, -0.2) is 29.3 Å². The van der Waals surface area contributed by atoms with E-state index in [4.69, 9.17) is 4.74 Å². The first-order chi connectivity index (χ1) is 12.2. The smallest absolute Gasteiger partial charge is 0.221 e. The molecule has 0 atom stereocenters. The molecule has 0 spiro atoms. The molecule has 1 N–H and O–H groups in total. The van der Waals surface area contributed by atoms with Crippen LogP contribution in [0.25, 0.3) is 10.9 Å². The zero-order valence-corrected chi connectivity index (χ0v) is 14.7. The van der Waals surface area contributed by atoms with Crippen molar-refractivity contribution in [3.63, 3.8) is 0 Å². The maximum atomic E-state index is 12.1. The van der Waals surface area contributed by atoms with E-state index in [1.54, 1.807) is 7.11 Å². The average Bonchev–Trinajstić information content (AvgIpc) is 3.02. The number of methoxy groups -OCH3 is 1. The molecule has 3 aromatic rings. The highest BCUT2D eigenvalue weighted by Crippen LogP contribution is 2.15. The molecule has 2 aromatic carbocycles. The van der Waals surface area contributed by atoms with E-state index in [1.807, 2.05) is 35.1 Å². The molecule has 3 rings (SSSR count). The summed E-state index contributed by atoms with van der Waals surface area (Å²) < 4.78 is 7.03. The number of aromatic nitrogens is 2. The maximum Gasteiger partial charge on any atom is 0.221 e. The molecule has 0 unspecified atom stereocenters. The van der Waals surface area contributed by atoms with Gasteiger partial charge in [-0.2, -0.15) is 5.10 Å². The Labute approximate surface area is 147 Å². The van der Waals surface area contributed by atoms with Gasteiger partial charge in [-0.25, -0.2) is 0 Å². The van der Waals surface area contributed by atoms with Gasteiger partial charge < -0.3 is 10.1 Å². The lowest BCUT2D eigenvalue weighted by Gasteiger charge is -2.07. The van der Waals surface area contributed by atoms with Gasteiger partial charge in [0.2, 0.25) is 5.91 Å². The molecule has 0 radical (unpaired) electrons. The number of hydrogen-bond donors (Lipinski definition) is 1. The summed E-state index contributed by atoms with van der Waals surface area (Å²) in [5.74, 6) is 0.888. The number of fused-ring (bicyclic) bond motifs is 1. The van der Waals surface area contributed by atoms with E-state index in [-0.39, 0.29) is 5.91 Å². The number of ether oxygens (including phenoxy) is 1. The van der Waals surface area contributed by atoms with Crippen molar-refractivity contribution in [2.75, 3.05) is 13.7 Å². The quantitative estimate of drug-likeness (QED) is 0.721. The molecule has 0 aliphatic heterocycles. The van der Waals surface area contributed by atoms with Gasteiger partial charge in [-0.05, 0) is 42.7 Å². The lowest BCUT2D eigenvalue weighted by Crippen LogP contribution is -2.26. The fraction of sp³-hybridized carbons (Fsp3) is 0.300. The first-order valence-corrected chi connectivity index (χ1v) is 8.47. The molecule has 5 nitrogen and oxygen atoms in total. The molecule has 1 amide bonds. The molecule has 130 valence electrons. The van der Waals surface area contributed by atoms with Gasteiger partial charge in [0.15, 0.2) is 0 Å². The monoisotopic (exact) mass is 337 g/mol. The molecule has 0 bridgehead atoms. The molecule has 0 saturated carbocycles. The highest BCUT2D eigenvalue weighted by atomic mass is 16.5. The van der Waals surface area contributed by atoms with E-state index in [1.165, 1.54) is 11.1 Å². The van der Waals surface area contributed by atoms with Gasteiger partial charge in [-0.1, -0.05) is 24.3 Å². The standard InChI is InChI=1S/C20H23N3O2/c1-15-3-6-17-14-22-23(19(17)13-15)12-10-20(24)21-11-9-16-4-7-18(25-2)8-5-16/h3-8,13-14H,9-12H2,1-2H3,(H,21,24). The Morgan fingerprint density at radius 2 is 2.00 bits per heavy atom. The summed E-state index contributed by atoms with van der Waals surface area (Å²) in [5.41, 5.74) is 3.44. The van der Waals surface area contributed by atoms with Crippen molar-refractivity contribution in [1.29, 1.82) is 0 Å². The number of amides is 1. The third kappa shape index (κ3) is 4.38. The van der Waals surface area contributed by atoms with E-state index in [2.05, 4.69) is 35.5 Å². The molecular formula is C20H23N3O2. The minimum absolute atomic E-state index is 0.0461. The molecule has 25 heavy (non-hydrogen) atoms. The van der Waals surface area contributed by atoms with Crippen molar-refractivity contribution >= 4 is 16.8 Å². The molecule has 0 aliphatic carbocycles. The van der Waals surface area contributed by atoms with E-state index >= 15 is 0 Å². The first-order valence-electron chi connectivity index (χ1n) is 8.47. The molecule has 0 saturated heterocycles. The van der Waals surface area contributed by atoms with Crippen LogP contribution in [-0.2, 0) is 17.8 Å². The van der Waals surface area contributed by atoms with E-state index in [9.17, 15) is 4.79 Å². The predicted octanol–water partition coefficient (Wildman–Crippen LogP) is 3.10. The van der Waals surface area contributed by atoms with Crippen LogP contribution >= 0.6 is 0 Å². The Kier molecular flexibility index (Phi) is 5.33. The Balaban J connectivity index is 1.46. The Morgan fingerprint density at radius 3 is 2.76 bits per heavy atom. The van der Waals surface area contributed by atoms with Crippen molar-refractivity contribution in [3.05, 3.63) is 59.8 Å². The Hall–Kier alpha value is -2.82. The number of benzene rings is 2. The highest BCUT2D eigenvalue weighted by molar-refractivity contribution is 5.80. The summed E-state index contributed by atoms with van der Waals surface area (Å²) in [7, 11) is 1.65. The summed E-state index contributed by atoms with van der Waals surface area (Å²) >= 11 is 0. The highest BCUT2D eigenvalue weighted by Gasteiger charge is 2.06. The van der Waals surface area contributed by atoms with Crippen molar-refractivity contribution in [2.24, 2.45) is 0 Å². The summed E-state index contributed by atoms with van der Waals surface area (Å²) in [6, 6.07) is 14.1. The third-order valence-electron chi connectivity index (χ3n) is 4.25. The summed E-state index contributed by atoms with van der Waals surface area (Å²) in [6.45, 7) is 3.27. The molecule has 0 aliphatic rings. The zero-order chi connectivity index (χ0) is 17.6. The van der Waals surface area contributed by atoms with E-state index in [0.29, 0.717) is 19.5 Å². The second kappa shape index (κ2) is 7.83. The van der Waals surface area contributed by atoms with Crippen LogP contribution in [0.1, 0.15) is 17.5 Å². The molecule has 0 fully saturated rings. The van der Waals surface area contributed by atoms with Crippen LogP contribution in [0.15, 0.2) is 48.7 Å². The number of nitrogens with one attached hydrogen (secondary N) is 1. The van der Waals surface area contributed by atoms with Crippen LogP contribution in [0.3, 0.4) is 0 Å². The van der Waals surface area contributed by atoms with Gasteiger partial charge in [-0.15, -0.1) is 0 Å². The predicted molar refractivity (Wildman–Crippen MR) is 98.8 cm³/mol. The molecule has 1 aromatic heterocycles. The van der Waals surface area contributed by atoms with Crippen molar-refractivity contribution < 1.29 is 9.53 Å². The maximum absolute atomic E-state index is 12.1. The van der Waals surface area contributed by atoms with Gasteiger partial charge in [0.1, 0.15) is 5.75 Å². The topological polar surface area (TPSA) is 56.1 Å². The Bertz CT molecular complexity index is 853. The molecule has 1 heterocycles. The summed E-state index contributed by atoms with van der Waals surface area (Å²) in [6.07, 6.45) is 3.07. The number of carbonyl (C=O) groups excluding carboxylic acids is 1. The number of rotatable bonds is 7. The normalized spacial score (nSPS) is 10.8. The minimum Gasteiger partial charge on any atom is -0.497 e. The average molecular weight is 337 g/mol. The fourth-order valence-electron chi connectivity index (χ4n) is 2.79. The van der Waals surface area contributed by atoms with Crippen molar-refractivity contribution in [2.45, 2.75) is 26.3 Å². The second-order valence-corrected chi connectivity index (χ2v) is 6.13. The largest absolute Gasteiger partial charge is 0.497 e. The van der Waals surface area contributed by atoms with Crippen LogP contribution in [0, 0.1) is 6.92 Å². The van der Waals surface area contributed by atoms with E-state index < -0.39 is 0 Å². The SMILES string of the molecule is COc1ccc(CCNC(=O)CCn2ncc3ccc(C)cc32)cc1. The Morgan fingerprint density at radius 1 is 1.20 bits per heavy atom. The van der Waals surface area contributed by atoms with Crippen LogP contribution in [0.5, 0.6) is 5.75 Å². The second-order valence-electron chi connectivity index (χ2n) is 6.13. The fourth-order valence-corrected chi connectivity index (χ4v) is 2.79. The molecular weight excluding hydrogens is 314 g/mol. The molecule has 5 heteroatoms. The van der Waals surface area contributed by atoms with Crippen molar-refractivity contribution in [1.82, 2.24) is 15.1 Å². The lowest BCUT2D eigenvalue weighted by molar-refractivity contribution is -0.121. The number of nitrogens with zero attached hydrogens (tertiary/aromatic N) is 2. The first kappa shape index (κ1) is 17.0. The van der Waals surface area contributed by atoms with E-state index in [0.717, 1.165) is 23.1 Å². The van der Waals surface area contributed by atoms with Gasteiger partial charge in [-0.3, -0.25) is 9.48 Å². The lowest BCUT2D eigenvalue weighted by atomic mass is 10.1. The number of carbonyl (C=O) groups is 1. The van der Waals surface area contributed by atoms with Gasteiger partial charge in [0.25, 0.3) is 0 Å². The summed E-state index contributed by atoms with van der Waals surface area (Å²) in [5, 5.41) is 8.45.